The lowest BCUT2D eigenvalue weighted by atomic mass is 9.78. The molecule has 0 aromatic heterocycles. The van der Waals surface area contributed by atoms with Gasteiger partial charge in [0.2, 0.25) is 0 Å². The molecule has 120 valence electrons. The first-order valence-electron chi connectivity index (χ1n) is 7.20. The molecule has 0 unspecified atom stereocenters. The fourth-order valence-corrected chi connectivity index (χ4v) is 2.93. The van der Waals surface area contributed by atoms with E-state index in [-0.39, 0.29) is 23.7 Å². The SMILES string of the molecule is O=C(C[C@@H]1CCC[C@H](C(=O)O)C1)c1ccc(C(F)(F)F)cc1. The minimum absolute atomic E-state index is 0.00959. The Labute approximate surface area is 126 Å². The van der Waals surface area contributed by atoms with Gasteiger partial charge in [0.15, 0.2) is 5.78 Å². The van der Waals surface area contributed by atoms with Gasteiger partial charge in [0.1, 0.15) is 0 Å². The van der Waals surface area contributed by atoms with Crippen LogP contribution in [0.25, 0.3) is 0 Å². The van der Waals surface area contributed by atoms with Crippen LogP contribution in [0, 0.1) is 11.8 Å². The summed E-state index contributed by atoms with van der Waals surface area (Å²) in [6.07, 6.45) is -1.59. The van der Waals surface area contributed by atoms with Crippen LogP contribution in [0.3, 0.4) is 0 Å². The molecule has 2 rings (SSSR count). The van der Waals surface area contributed by atoms with Crippen molar-refractivity contribution < 1.29 is 27.9 Å². The van der Waals surface area contributed by atoms with Crippen molar-refractivity contribution in [2.45, 2.75) is 38.3 Å². The van der Waals surface area contributed by atoms with Crippen LogP contribution in [0.1, 0.15) is 48.0 Å². The fourth-order valence-electron chi connectivity index (χ4n) is 2.93. The number of aliphatic carboxylic acids is 1. The third-order valence-corrected chi connectivity index (χ3v) is 4.14. The molecule has 0 heterocycles. The van der Waals surface area contributed by atoms with Gasteiger partial charge in [0, 0.05) is 12.0 Å². The van der Waals surface area contributed by atoms with Crippen molar-refractivity contribution in [1.29, 1.82) is 0 Å². The maximum atomic E-state index is 12.5. The number of hydrogen-bond acceptors (Lipinski definition) is 2. The third-order valence-electron chi connectivity index (χ3n) is 4.14. The molecular formula is C16H17F3O3. The number of ketones is 1. The molecule has 0 bridgehead atoms. The second-order valence-corrected chi connectivity index (χ2v) is 5.77. The van der Waals surface area contributed by atoms with E-state index in [9.17, 15) is 22.8 Å². The molecule has 2 atom stereocenters. The maximum absolute atomic E-state index is 12.5. The Morgan fingerprint density at radius 3 is 2.32 bits per heavy atom. The Balaban J connectivity index is 1.98. The van der Waals surface area contributed by atoms with Crippen LogP contribution in [-0.4, -0.2) is 16.9 Å². The number of rotatable bonds is 4. The summed E-state index contributed by atoms with van der Waals surface area (Å²) in [5.74, 6) is -1.50. The molecule has 1 aromatic carbocycles. The van der Waals surface area contributed by atoms with Crippen LogP contribution in [0.5, 0.6) is 0 Å². The molecule has 1 fully saturated rings. The summed E-state index contributed by atoms with van der Waals surface area (Å²) in [7, 11) is 0. The quantitative estimate of drug-likeness (QED) is 0.849. The summed E-state index contributed by atoms with van der Waals surface area (Å²) in [5, 5.41) is 9.02. The molecule has 0 saturated heterocycles. The Kier molecular flexibility index (Phi) is 4.88. The highest BCUT2D eigenvalue weighted by molar-refractivity contribution is 5.96. The van der Waals surface area contributed by atoms with Crippen molar-refractivity contribution in [2.24, 2.45) is 11.8 Å². The largest absolute Gasteiger partial charge is 0.481 e. The van der Waals surface area contributed by atoms with Crippen LogP contribution in [-0.2, 0) is 11.0 Å². The van der Waals surface area contributed by atoms with Gasteiger partial charge in [-0.2, -0.15) is 13.2 Å². The molecule has 0 spiro atoms. The Morgan fingerprint density at radius 1 is 1.14 bits per heavy atom. The Bertz CT molecular complexity index is 549. The van der Waals surface area contributed by atoms with Crippen molar-refractivity contribution in [2.75, 3.05) is 0 Å². The first kappa shape index (κ1) is 16.5. The van der Waals surface area contributed by atoms with Gasteiger partial charge in [-0.25, -0.2) is 0 Å². The van der Waals surface area contributed by atoms with Crippen LogP contribution >= 0.6 is 0 Å². The molecular weight excluding hydrogens is 297 g/mol. The molecule has 1 aliphatic carbocycles. The second-order valence-electron chi connectivity index (χ2n) is 5.77. The molecule has 1 aromatic rings. The van der Waals surface area contributed by atoms with Crippen molar-refractivity contribution in [3.05, 3.63) is 35.4 Å². The lowest BCUT2D eigenvalue weighted by Gasteiger charge is -2.26. The predicted octanol–water partition coefficient (Wildman–Crippen LogP) is 4.17. The van der Waals surface area contributed by atoms with Crippen LogP contribution < -0.4 is 0 Å². The topological polar surface area (TPSA) is 54.4 Å². The number of halogens is 3. The van der Waals surface area contributed by atoms with E-state index in [0.717, 1.165) is 25.0 Å². The minimum Gasteiger partial charge on any atom is -0.481 e. The van der Waals surface area contributed by atoms with E-state index in [4.69, 9.17) is 5.11 Å². The van der Waals surface area contributed by atoms with Gasteiger partial charge in [-0.3, -0.25) is 9.59 Å². The van der Waals surface area contributed by atoms with Gasteiger partial charge in [-0.15, -0.1) is 0 Å². The van der Waals surface area contributed by atoms with E-state index in [1.165, 1.54) is 12.1 Å². The predicted molar refractivity (Wildman–Crippen MR) is 73.5 cm³/mol. The molecule has 1 N–H and O–H groups in total. The summed E-state index contributed by atoms with van der Waals surface area (Å²) in [6.45, 7) is 0. The zero-order chi connectivity index (χ0) is 16.3. The summed E-state index contributed by atoms with van der Waals surface area (Å²) in [5.41, 5.74) is -0.543. The number of Topliss-reactive ketones (excluding diaryl/α,β-unsaturated/α-hetero) is 1. The standard InChI is InChI=1S/C16H17F3O3/c17-16(18,19)13-6-4-11(5-7-13)14(20)9-10-2-1-3-12(8-10)15(21)22/h4-7,10,12H,1-3,8-9H2,(H,21,22)/t10-,12+/m1/s1. The molecule has 0 aliphatic heterocycles. The molecule has 0 radical (unpaired) electrons. The van der Waals surface area contributed by atoms with Crippen LogP contribution in [0.4, 0.5) is 13.2 Å². The van der Waals surface area contributed by atoms with Gasteiger partial charge in [0.25, 0.3) is 0 Å². The normalized spacial score (nSPS) is 22.3. The smallest absolute Gasteiger partial charge is 0.416 e. The average Bonchev–Trinajstić information content (AvgIpc) is 2.46. The highest BCUT2D eigenvalue weighted by Gasteiger charge is 2.31. The van der Waals surface area contributed by atoms with Gasteiger partial charge < -0.3 is 5.11 Å². The van der Waals surface area contributed by atoms with E-state index in [0.29, 0.717) is 12.8 Å². The maximum Gasteiger partial charge on any atom is 0.416 e. The highest BCUT2D eigenvalue weighted by Crippen LogP contribution is 2.33. The first-order chi connectivity index (χ1) is 10.3. The minimum atomic E-state index is -4.42. The number of alkyl halides is 3. The van der Waals surface area contributed by atoms with Crippen LogP contribution in [0.2, 0.25) is 0 Å². The summed E-state index contributed by atoms with van der Waals surface area (Å²) >= 11 is 0. The van der Waals surface area contributed by atoms with E-state index >= 15 is 0 Å². The lowest BCUT2D eigenvalue weighted by molar-refractivity contribution is -0.143. The average molecular weight is 314 g/mol. The number of carboxylic acid groups (broad SMARTS) is 1. The van der Waals surface area contributed by atoms with Crippen molar-refractivity contribution in [3.63, 3.8) is 0 Å². The molecule has 3 nitrogen and oxygen atoms in total. The fraction of sp³-hybridized carbons (Fsp3) is 0.500. The van der Waals surface area contributed by atoms with E-state index in [1.54, 1.807) is 0 Å². The monoisotopic (exact) mass is 314 g/mol. The summed E-state index contributed by atoms with van der Waals surface area (Å²) in [4.78, 5) is 23.1. The van der Waals surface area contributed by atoms with Crippen molar-refractivity contribution in [3.8, 4) is 0 Å². The van der Waals surface area contributed by atoms with Crippen molar-refractivity contribution >= 4 is 11.8 Å². The highest BCUT2D eigenvalue weighted by atomic mass is 19.4. The molecule has 22 heavy (non-hydrogen) atoms. The van der Waals surface area contributed by atoms with Gasteiger partial charge in [0.05, 0.1) is 11.5 Å². The number of carboxylic acids is 1. The Morgan fingerprint density at radius 2 is 1.77 bits per heavy atom. The lowest BCUT2D eigenvalue weighted by Crippen LogP contribution is -2.24. The van der Waals surface area contributed by atoms with Crippen molar-refractivity contribution in [1.82, 2.24) is 0 Å². The molecule has 1 saturated carbocycles. The molecule has 0 amide bonds. The van der Waals surface area contributed by atoms with E-state index in [1.807, 2.05) is 0 Å². The zero-order valence-corrected chi connectivity index (χ0v) is 11.9. The van der Waals surface area contributed by atoms with Gasteiger partial charge >= 0.3 is 12.1 Å². The molecule has 6 heteroatoms. The Hall–Kier alpha value is -1.85. The van der Waals surface area contributed by atoms with E-state index < -0.39 is 23.6 Å². The first-order valence-corrected chi connectivity index (χ1v) is 7.20. The molecule has 1 aliphatic rings. The van der Waals surface area contributed by atoms with Gasteiger partial charge in [-0.1, -0.05) is 18.6 Å². The summed E-state index contributed by atoms with van der Waals surface area (Å²) < 4.78 is 37.4. The van der Waals surface area contributed by atoms with Gasteiger partial charge in [-0.05, 0) is 37.3 Å². The number of carbonyl (C=O) groups is 2. The third kappa shape index (κ3) is 4.08. The van der Waals surface area contributed by atoms with E-state index in [2.05, 4.69) is 0 Å². The number of carbonyl (C=O) groups excluding carboxylic acids is 1. The summed E-state index contributed by atoms with van der Waals surface area (Å²) in [6, 6.07) is 4.16. The number of benzene rings is 1. The number of hydrogen-bond donors (Lipinski definition) is 1. The zero-order valence-electron chi connectivity index (χ0n) is 11.9. The second kappa shape index (κ2) is 6.50. The van der Waals surface area contributed by atoms with Crippen LogP contribution in [0.15, 0.2) is 24.3 Å².